The van der Waals surface area contributed by atoms with Gasteiger partial charge in [0.15, 0.2) is 0 Å². The average Bonchev–Trinajstić information content (AvgIpc) is 2.54. The zero-order chi connectivity index (χ0) is 18.3. The fraction of sp³-hybridized carbons (Fsp3) is 0.333. The molecule has 1 N–H and O–H groups in total. The van der Waals surface area contributed by atoms with Crippen LogP contribution in [0, 0.1) is 6.92 Å². The molecule has 6 nitrogen and oxygen atoms in total. The Labute approximate surface area is 148 Å². The van der Waals surface area contributed by atoms with Gasteiger partial charge in [0.25, 0.3) is 0 Å². The maximum absolute atomic E-state index is 12.0. The van der Waals surface area contributed by atoms with Crippen molar-refractivity contribution in [2.75, 3.05) is 19.3 Å². The predicted molar refractivity (Wildman–Crippen MR) is 97.4 cm³/mol. The first-order valence-corrected chi connectivity index (χ1v) is 9.86. The molecule has 1 aromatic carbocycles. The van der Waals surface area contributed by atoms with Crippen molar-refractivity contribution >= 4 is 15.9 Å². The summed E-state index contributed by atoms with van der Waals surface area (Å²) in [5.41, 5.74) is 2.84. The number of rotatable bonds is 8. The molecular weight excluding hydrogens is 338 g/mol. The van der Waals surface area contributed by atoms with Crippen molar-refractivity contribution in [3.63, 3.8) is 0 Å². The highest BCUT2D eigenvalue weighted by atomic mass is 32.2. The lowest BCUT2D eigenvalue weighted by atomic mass is 10.1. The number of aromatic nitrogens is 1. The van der Waals surface area contributed by atoms with E-state index in [1.807, 2.05) is 37.3 Å². The van der Waals surface area contributed by atoms with Gasteiger partial charge in [-0.3, -0.25) is 9.78 Å². The van der Waals surface area contributed by atoms with Crippen molar-refractivity contribution in [3.8, 4) is 0 Å². The van der Waals surface area contributed by atoms with Gasteiger partial charge < -0.3 is 5.32 Å². The van der Waals surface area contributed by atoms with Gasteiger partial charge in [-0.1, -0.05) is 35.9 Å². The zero-order valence-corrected chi connectivity index (χ0v) is 15.3. The monoisotopic (exact) mass is 361 g/mol. The van der Waals surface area contributed by atoms with E-state index in [1.165, 1.54) is 4.31 Å². The van der Waals surface area contributed by atoms with Gasteiger partial charge >= 0.3 is 0 Å². The van der Waals surface area contributed by atoms with E-state index in [1.54, 1.807) is 18.5 Å². The molecule has 1 aromatic heterocycles. The van der Waals surface area contributed by atoms with E-state index in [9.17, 15) is 13.2 Å². The van der Waals surface area contributed by atoms with Crippen LogP contribution < -0.4 is 5.32 Å². The first kappa shape index (κ1) is 19.1. The average molecular weight is 361 g/mol. The number of aryl methyl sites for hydroxylation is 1. The highest BCUT2D eigenvalue weighted by molar-refractivity contribution is 7.88. The maximum Gasteiger partial charge on any atom is 0.224 e. The van der Waals surface area contributed by atoms with Gasteiger partial charge in [-0.05, 0) is 24.1 Å². The number of nitrogens with one attached hydrogen (secondary N) is 1. The molecule has 134 valence electrons. The second-order valence-electron chi connectivity index (χ2n) is 5.97. The summed E-state index contributed by atoms with van der Waals surface area (Å²) in [6.45, 7) is 2.69. The number of amides is 1. The molecule has 0 aliphatic carbocycles. The van der Waals surface area contributed by atoms with Gasteiger partial charge in [0, 0.05) is 32.0 Å². The fourth-order valence-electron chi connectivity index (χ4n) is 2.45. The van der Waals surface area contributed by atoms with Crippen LogP contribution in [0.1, 0.15) is 16.7 Å². The van der Waals surface area contributed by atoms with E-state index in [-0.39, 0.29) is 32.0 Å². The molecule has 2 rings (SSSR count). The molecule has 0 aliphatic rings. The number of hydrogen-bond donors (Lipinski definition) is 1. The van der Waals surface area contributed by atoms with E-state index in [4.69, 9.17) is 0 Å². The third kappa shape index (κ3) is 6.64. The molecule has 0 aliphatic heterocycles. The quantitative estimate of drug-likeness (QED) is 0.773. The van der Waals surface area contributed by atoms with Crippen LogP contribution in [0.4, 0.5) is 0 Å². The molecular formula is C18H23N3O3S. The van der Waals surface area contributed by atoms with Crippen molar-refractivity contribution in [2.24, 2.45) is 0 Å². The number of hydrogen-bond acceptors (Lipinski definition) is 4. The summed E-state index contributed by atoms with van der Waals surface area (Å²) in [4.78, 5) is 16.0. The van der Waals surface area contributed by atoms with Crippen LogP contribution in [0.5, 0.6) is 0 Å². The standard InChI is InChI=1S/C18H23N3O3S/c1-15-5-3-6-16(11-15)12-18(22)20-9-10-21(25(2,23)24)14-17-7-4-8-19-13-17/h3-8,11,13H,9-10,12,14H2,1-2H3,(H,20,22). The van der Waals surface area contributed by atoms with Gasteiger partial charge in [-0.2, -0.15) is 4.31 Å². The summed E-state index contributed by atoms with van der Waals surface area (Å²) in [6, 6.07) is 11.3. The second-order valence-corrected chi connectivity index (χ2v) is 7.96. The Hall–Kier alpha value is -2.25. The first-order chi connectivity index (χ1) is 11.8. The van der Waals surface area contributed by atoms with E-state index in [0.717, 1.165) is 22.9 Å². The summed E-state index contributed by atoms with van der Waals surface area (Å²) in [5.74, 6) is -0.125. The molecule has 0 bridgehead atoms. The molecule has 7 heteroatoms. The lowest BCUT2D eigenvalue weighted by Gasteiger charge is -2.20. The molecule has 0 spiro atoms. The molecule has 25 heavy (non-hydrogen) atoms. The molecule has 1 heterocycles. The van der Waals surface area contributed by atoms with Gasteiger partial charge in [-0.25, -0.2) is 8.42 Å². The van der Waals surface area contributed by atoms with Crippen molar-refractivity contribution < 1.29 is 13.2 Å². The minimum absolute atomic E-state index is 0.125. The SMILES string of the molecule is Cc1cccc(CC(=O)NCCN(Cc2cccnc2)S(C)(=O)=O)c1. The van der Waals surface area contributed by atoms with E-state index in [2.05, 4.69) is 10.3 Å². The second kappa shape index (κ2) is 8.73. The normalized spacial score (nSPS) is 11.5. The molecule has 0 saturated carbocycles. The molecule has 0 unspecified atom stereocenters. The summed E-state index contributed by atoms with van der Waals surface area (Å²) >= 11 is 0. The van der Waals surface area contributed by atoms with Crippen LogP contribution in [0.2, 0.25) is 0 Å². The van der Waals surface area contributed by atoms with E-state index < -0.39 is 10.0 Å². The molecule has 1 amide bonds. The molecule has 2 aromatic rings. The van der Waals surface area contributed by atoms with Crippen molar-refractivity contribution in [1.29, 1.82) is 0 Å². The Morgan fingerprint density at radius 1 is 1.20 bits per heavy atom. The minimum atomic E-state index is -3.37. The lowest BCUT2D eigenvalue weighted by molar-refractivity contribution is -0.120. The molecule has 0 radical (unpaired) electrons. The Bertz CT molecular complexity index is 807. The number of benzene rings is 1. The number of nitrogens with zero attached hydrogens (tertiary/aromatic N) is 2. The minimum Gasteiger partial charge on any atom is -0.354 e. The van der Waals surface area contributed by atoms with Crippen LogP contribution in [0.3, 0.4) is 0 Å². The molecule has 0 fully saturated rings. The third-order valence-electron chi connectivity index (χ3n) is 3.68. The Morgan fingerprint density at radius 2 is 1.96 bits per heavy atom. The summed E-state index contributed by atoms with van der Waals surface area (Å²) < 4.78 is 25.2. The largest absolute Gasteiger partial charge is 0.354 e. The van der Waals surface area contributed by atoms with E-state index in [0.29, 0.717) is 0 Å². The van der Waals surface area contributed by atoms with Crippen LogP contribution in [0.25, 0.3) is 0 Å². The van der Waals surface area contributed by atoms with Crippen molar-refractivity contribution in [3.05, 3.63) is 65.5 Å². The maximum atomic E-state index is 12.0. The third-order valence-corrected chi connectivity index (χ3v) is 4.93. The number of carbonyl (C=O) groups is 1. The smallest absolute Gasteiger partial charge is 0.224 e. The van der Waals surface area contributed by atoms with E-state index >= 15 is 0 Å². The van der Waals surface area contributed by atoms with Crippen molar-refractivity contribution in [2.45, 2.75) is 19.9 Å². The number of sulfonamides is 1. The summed E-state index contributed by atoms with van der Waals surface area (Å²) in [6.07, 6.45) is 4.72. The van der Waals surface area contributed by atoms with Crippen LogP contribution >= 0.6 is 0 Å². The summed E-state index contributed by atoms with van der Waals surface area (Å²) in [7, 11) is -3.37. The fourth-order valence-corrected chi connectivity index (χ4v) is 3.25. The van der Waals surface area contributed by atoms with Gasteiger partial charge in [0.05, 0.1) is 12.7 Å². The van der Waals surface area contributed by atoms with Crippen molar-refractivity contribution in [1.82, 2.24) is 14.6 Å². The first-order valence-electron chi connectivity index (χ1n) is 8.01. The summed E-state index contributed by atoms with van der Waals surface area (Å²) in [5, 5.41) is 2.78. The molecule has 0 saturated heterocycles. The topological polar surface area (TPSA) is 79.4 Å². The zero-order valence-electron chi connectivity index (χ0n) is 14.5. The van der Waals surface area contributed by atoms with Crippen LogP contribution in [-0.2, 0) is 27.8 Å². The van der Waals surface area contributed by atoms with Crippen LogP contribution in [-0.4, -0.2) is 43.0 Å². The number of carbonyl (C=O) groups excluding carboxylic acids is 1. The van der Waals surface area contributed by atoms with Crippen LogP contribution in [0.15, 0.2) is 48.8 Å². The molecule has 0 atom stereocenters. The predicted octanol–water partition coefficient (Wildman–Crippen LogP) is 1.51. The lowest BCUT2D eigenvalue weighted by Crippen LogP contribution is -2.38. The van der Waals surface area contributed by atoms with Gasteiger partial charge in [0.2, 0.25) is 15.9 Å². The Balaban J connectivity index is 1.87. The Morgan fingerprint density at radius 3 is 2.60 bits per heavy atom. The number of pyridine rings is 1. The van der Waals surface area contributed by atoms with Gasteiger partial charge in [0.1, 0.15) is 0 Å². The highest BCUT2D eigenvalue weighted by Crippen LogP contribution is 2.07. The highest BCUT2D eigenvalue weighted by Gasteiger charge is 2.17. The Kier molecular flexibility index (Phi) is 6.66. The van der Waals surface area contributed by atoms with Gasteiger partial charge in [-0.15, -0.1) is 0 Å².